The van der Waals surface area contributed by atoms with Crippen LogP contribution in [-0.2, 0) is 6.61 Å². The van der Waals surface area contributed by atoms with Crippen LogP contribution in [0.5, 0.6) is 0 Å². The molecule has 2 rings (SSSR count). The van der Waals surface area contributed by atoms with Gasteiger partial charge in [-0.2, -0.15) is 0 Å². The highest BCUT2D eigenvalue weighted by molar-refractivity contribution is 5.85. The van der Waals surface area contributed by atoms with E-state index in [0.717, 1.165) is 16.3 Å². The van der Waals surface area contributed by atoms with E-state index in [1.807, 2.05) is 45.0 Å². The lowest BCUT2D eigenvalue weighted by Crippen LogP contribution is -2.26. The molecule has 0 aliphatic carbocycles. The predicted octanol–water partition coefficient (Wildman–Crippen LogP) is 2.38. The molecule has 17 heavy (non-hydrogen) atoms. The summed E-state index contributed by atoms with van der Waals surface area (Å²) in [5, 5.41) is 11.0. The lowest BCUT2D eigenvalue weighted by atomic mass is 10.1. The zero-order valence-electron chi connectivity index (χ0n) is 10.4. The summed E-state index contributed by atoms with van der Waals surface area (Å²) in [5.41, 5.74) is 1.63. The molecule has 0 aliphatic rings. The van der Waals surface area contributed by atoms with Crippen molar-refractivity contribution in [2.75, 3.05) is 0 Å². The van der Waals surface area contributed by atoms with Crippen molar-refractivity contribution in [2.24, 2.45) is 0 Å². The van der Waals surface area contributed by atoms with Crippen LogP contribution >= 0.6 is 0 Å². The van der Waals surface area contributed by atoms with E-state index < -0.39 is 0 Å². The lowest BCUT2D eigenvalue weighted by molar-refractivity contribution is 0.266. The zero-order chi connectivity index (χ0) is 12.6. The number of fused-ring (bicyclic) bond motifs is 1. The van der Waals surface area contributed by atoms with E-state index in [1.54, 1.807) is 4.57 Å². The van der Waals surface area contributed by atoms with Crippen LogP contribution < -0.4 is 5.56 Å². The third kappa shape index (κ3) is 1.87. The van der Waals surface area contributed by atoms with Gasteiger partial charge in [0.1, 0.15) is 0 Å². The van der Waals surface area contributed by atoms with Crippen molar-refractivity contribution in [1.29, 1.82) is 0 Å². The summed E-state index contributed by atoms with van der Waals surface area (Å²) in [6.45, 7) is 5.72. The normalized spacial score (nSPS) is 11.4. The molecule has 0 fully saturated rings. The Morgan fingerprint density at radius 2 is 2.06 bits per heavy atom. The van der Waals surface area contributed by atoms with E-state index in [9.17, 15) is 9.90 Å². The number of aliphatic hydroxyl groups is 1. The number of nitrogens with zero attached hydrogens (tertiary/aromatic N) is 1. The highest BCUT2D eigenvalue weighted by Crippen LogP contribution is 2.18. The smallest absolute Gasteiger partial charge is 0.259 e. The van der Waals surface area contributed by atoms with Crippen LogP contribution in [0.25, 0.3) is 10.8 Å². The molecule has 0 unspecified atom stereocenters. The van der Waals surface area contributed by atoms with Crippen LogP contribution in [0.2, 0.25) is 0 Å². The van der Waals surface area contributed by atoms with Crippen LogP contribution in [0.1, 0.15) is 31.1 Å². The second-order valence-corrected chi connectivity index (χ2v) is 4.60. The van der Waals surface area contributed by atoms with Gasteiger partial charge < -0.3 is 9.67 Å². The van der Waals surface area contributed by atoms with Gasteiger partial charge in [-0.1, -0.05) is 18.2 Å². The lowest BCUT2D eigenvalue weighted by Gasteiger charge is -2.16. The maximum absolute atomic E-state index is 12.4. The molecule has 1 aromatic carbocycles. The van der Waals surface area contributed by atoms with Gasteiger partial charge in [0.25, 0.3) is 5.56 Å². The molecular weight excluding hydrogens is 214 g/mol. The highest BCUT2D eigenvalue weighted by Gasteiger charge is 2.12. The molecule has 0 saturated carbocycles. The standard InChI is InChI=1S/C14H17NO2/c1-9(2)15-12(8-16)7-11-6-4-5-10(3)13(11)14(15)17/h4-7,9,16H,8H2,1-3H3. The molecule has 0 radical (unpaired) electrons. The van der Waals surface area contributed by atoms with Crippen LogP contribution in [0, 0.1) is 6.92 Å². The Morgan fingerprint density at radius 1 is 1.35 bits per heavy atom. The first-order chi connectivity index (χ1) is 8.06. The molecule has 1 N–H and O–H groups in total. The van der Waals surface area contributed by atoms with Gasteiger partial charge in [-0.25, -0.2) is 0 Å². The third-order valence-electron chi connectivity index (χ3n) is 3.05. The van der Waals surface area contributed by atoms with E-state index in [1.165, 1.54) is 0 Å². The molecule has 0 atom stereocenters. The molecule has 0 spiro atoms. The fraction of sp³-hybridized carbons (Fsp3) is 0.357. The van der Waals surface area contributed by atoms with Gasteiger partial charge in [0, 0.05) is 11.7 Å². The van der Waals surface area contributed by atoms with Crippen LogP contribution in [0.4, 0.5) is 0 Å². The summed E-state index contributed by atoms with van der Waals surface area (Å²) >= 11 is 0. The number of aliphatic hydroxyl groups excluding tert-OH is 1. The first kappa shape index (κ1) is 11.9. The number of aromatic nitrogens is 1. The minimum absolute atomic E-state index is 0.0142. The Labute approximate surface area is 100 Å². The fourth-order valence-corrected chi connectivity index (χ4v) is 2.29. The van der Waals surface area contributed by atoms with Crippen molar-refractivity contribution in [3.63, 3.8) is 0 Å². The van der Waals surface area contributed by atoms with Crippen molar-refractivity contribution < 1.29 is 5.11 Å². The van der Waals surface area contributed by atoms with Gasteiger partial charge in [-0.05, 0) is 37.8 Å². The minimum atomic E-state index is -0.114. The topological polar surface area (TPSA) is 42.2 Å². The summed E-state index contributed by atoms with van der Waals surface area (Å²) < 4.78 is 1.66. The molecule has 90 valence electrons. The molecule has 2 aromatic rings. The third-order valence-corrected chi connectivity index (χ3v) is 3.05. The molecule has 3 heteroatoms. The van der Waals surface area contributed by atoms with E-state index in [2.05, 4.69) is 0 Å². The summed E-state index contributed by atoms with van der Waals surface area (Å²) in [7, 11) is 0. The number of hydrogen-bond acceptors (Lipinski definition) is 2. The van der Waals surface area contributed by atoms with Gasteiger partial charge in [0.2, 0.25) is 0 Å². The minimum Gasteiger partial charge on any atom is -0.390 e. The van der Waals surface area contributed by atoms with Gasteiger partial charge in [-0.15, -0.1) is 0 Å². The van der Waals surface area contributed by atoms with Crippen LogP contribution in [0.15, 0.2) is 29.1 Å². The quantitative estimate of drug-likeness (QED) is 0.862. The average Bonchev–Trinajstić information content (AvgIpc) is 2.27. The molecule has 0 aliphatic heterocycles. The number of hydrogen-bond donors (Lipinski definition) is 1. The van der Waals surface area contributed by atoms with Crippen molar-refractivity contribution in [3.8, 4) is 0 Å². The van der Waals surface area contributed by atoms with E-state index >= 15 is 0 Å². The van der Waals surface area contributed by atoms with Crippen molar-refractivity contribution in [1.82, 2.24) is 4.57 Å². The first-order valence-electron chi connectivity index (χ1n) is 5.81. The fourth-order valence-electron chi connectivity index (χ4n) is 2.29. The van der Waals surface area contributed by atoms with Crippen molar-refractivity contribution in [2.45, 2.75) is 33.4 Å². The largest absolute Gasteiger partial charge is 0.390 e. The Kier molecular flexibility index (Phi) is 3.03. The van der Waals surface area contributed by atoms with E-state index in [0.29, 0.717) is 5.69 Å². The number of pyridine rings is 1. The molecule has 3 nitrogen and oxygen atoms in total. The summed E-state index contributed by atoms with van der Waals surface area (Å²) in [4.78, 5) is 12.4. The highest BCUT2D eigenvalue weighted by atomic mass is 16.3. The summed E-state index contributed by atoms with van der Waals surface area (Å²) in [6, 6.07) is 7.72. The Hall–Kier alpha value is -1.61. The SMILES string of the molecule is Cc1cccc2cc(CO)n(C(C)C)c(=O)c12. The monoisotopic (exact) mass is 231 g/mol. The second-order valence-electron chi connectivity index (χ2n) is 4.60. The maximum atomic E-state index is 12.4. The first-order valence-corrected chi connectivity index (χ1v) is 5.81. The molecule has 0 bridgehead atoms. The van der Waals surface area contributed by atoms with Crippen molar-refractivity contribution in [3.05, 3.63) is 45.9 Å². The Balaban J connectivity index is 2.95. The number of benzene rings is 1. The molecular formula is C14H17NO2. The van der Waals surface area contributed by atoms with E-state index in [-0.39, 0.29) is 18.2 Å². The van der Waals surface area contributed by atoms with Crippen LogP contribution in [-0.4, -0.2) is 9.67 Å². The zero-order valence-corrected chi connectivity index (χ0v) is 10.4. The average molecular weight is 231 g/mol. The summed E-state index contributed by atoms with van der Waals surface area (Å²) in [5.74, 6) is 0. The molecule has 0 saturated heterocycles. The number of rotatable bonds is 2. The molecule has 0 amide bonds. The van der Waals surface area contributed by atoms with Gasteiger partial charge >= 0.3 is 0 Å². The van der Waals surface area contributed by atoms with Gasteiger partial charge in [0.15, 0.2) is 0 Å². The second kappa shape index (κ2) is 4.34. The number of aryl methyl sites for hydroxylation is 1. The Bertz CT molecular complexity index is 611. The maximum Gasteiger partial charge on any atom is 0.259 e. The summed E-state index contributed by atoms with van der Waals surface area (Å²) in [6.07, 6.45) is 0. The van der Waals surface area contributed by atoms with Gasteiger partial charge in [0.05, 0.1) is 12.0 Å². The van der Waals surface area contributed by atoms with Gasteiger partial charge in [-0.3, -0.25) is 4.79 Å². The molecule has 1 heterocycles. The Morgan fingerprint density at radius 3 is 2.65 bits per heavy atom. The van der Waals surface area contributed by atoms with Crippen molar-refractivity contribution >= 4 is 10.8 Å². The predicted molar refractivity (Wildman–Crippen MR) is 69.3 cm³/mol. The van der Waals surface area contributed by atoms with E-state index in [4.69, 9.17) is 0 Å². The van der Waals surface area contributed by atoms with Crippen LogP contribution in [0.3, 0.4) is 0 Å². The molecule has 1 aromatic heterocycles.